The van der Waals surface area contributed by atoms with Crippen LogP contribution in [-0.4, -0.2) is 48.6 Å². The fourth-order valence-electron chi connectivity index (χ4n) is 2.46. The van der Waals surface area contributed by atoms with Crippen molar-refractivity contribution in [1.29, 1.82) is 0 Å². The van der Waals surface area contributed by atoms with Crippen LogP contribution in [-0.2, 0) is 14.3 Å². The Kier molecular flexibility index (Phi) is 4.22. The van der Waals surface area contributed by atoms with Crippen LogP contribution in [0.1, 0.15) is 33.1 Å². The summed E-state index contributed by atoms with van der Waals surface area (Å²) in [5.41, 5.74) is 0. The van der Waals surface area contributed by atoms with Crippen LogP contribution in [0.5, 0.6) is 0 Å². The summed E-state index contributed by atoms with van der Waals surface area (Å²) in [4.78, 5) is 25.7. The summed E-state index contributed by atoms with van der Waals surface area (Å²) in [5, 5.41) is 3.23. The van der Waals surface area contributed by atoms with Gasteiger partial charge in [0.1, 0.15) is 6.54 Å². The number of nitrogens with zero attached hydrogens (tertiary/aromatic N) is 1. The Morgan fingerprint density at radius 3 is 2.56 bits per heavy atom. The van der Waals surface area contributed by atoms with E-state index in [1.165, 1.54) is 0 Å². The highest BCUT2D eigenvalue weighted by atomic mass is 16.5. The van der Waals surface area contributed by atoms with E-state index in [-0.39, 0.29) is 30.5 Å². The minimum atomic E-state index is -0.302. The predicted molar refractivity (Wildman–Crippen MR) is 66.9 cm³/mol. The Morgan fingerprint density at radius 1 is 1.33 bits per heavy atom. The van der Waals surface area contributed by atoms with Gasteiger partial charge in [-0.3, -0.25) is 9.59 Å². The van der Waals surface area contributed by atoms with Gasteiger partial charge in [-0.2, -0.15) is 0 Å². The van der Waals surface area contributed by atoms with Crippen LogP contribution in [0.15, 0.2) is 0 Å². The molecule has 1 aliphatic carbocycles. The number of esters is 1. The van der Waals surface area contributed by atoms with E-state index in [4.69, 9.17) is 4.74 Å². The molecule has 102 valence electrons. The van der Waals surface area contributed by atoms with E-state index in [9.17, 15) is 9.59 Å². The number of carbonyl (C=O) groups excluding carboxylic acids is 2. The van der Waals surface area contributed by atoms with Gasteiger partial charge in [0.15, 0.2) is 0 Å². The van der Waals surface area contributed by atoms with Crippen LogP contribution in [0.25, 0.3) is 0 Å². The number of amides is 1. The number of hydrogen-bond acceptors (Lipinski definition) is 4. The lowest BCUT2D eigenvalue weighted by Gasteiger charge is -2.26. The Hall–Kier alpha value is -1.10. The molecule has 18 heavy (non-hydrogen) atoms. The Bertz CT molecular complexity index is 328. The first-order valence-electron chi connectivity index (χ1n) is 6.83. The summed E-state index contributed by atoms with van der Waals surface area (Å²) in [6.07, 6.45) is 3.03. The first-order chi connectivity index (χ1) is 8.63. The highest BCUT2D eigenvalue weighted by molar-refractivity contribution is 5.86. The Labute approximate surface area is 108 Å². The molecule has 0 spiro atoms. The number of nitrogens with one attached hydrogen (secondary N) is 1. The second-order valence-corrected chi connectivity index (χ2v) is 5.20. The molecule has 5 heteroatoms. The SMILES string of the molecule is CCOC(=O)CN(C(=O)C1NCCC1C)C1CC1. The van der Waals surface area contributed by atoms with Gasteiger partial charge >= 0.3 is 5.97 Å². The van der Waals surface area contributed by atoms with E-state index < -0.39 is 0 Å². The monoisotopic (exact) mass is 254 g/mol. The molecule has 0 aromatic heterocycles. The molecule has 2 rings (SSSR count). The molecule has 1 saturated carbocycles. The van der Waals surface area contributed by atoms with Crippen LogP contribution < -0.4 is 5.32 Å². The minimum absolute atomic E-state index is 0.0653. The largest absolute Gasteiger partial charge is 0.465 e. The smallest absolute Gasteiger partial charge is 0.325 e. The molecule has 0 radical (unpaired) electrons. The summed E-state index contributed by atoms with van der Waals surface area (Å²) in [6.45, 7) is 5.21. The molecular weight excluding hydrogens is 232 g/mol. The van der Waals surface area contributed by atoms with Crippen LogP contribution in [0, 0.1) is 5.92 Å². The van der Waals surface area contributed by atoms with E-state index in [0.717, 1.165) is 25.8 Å². The molecule has 2 fully saturated rings. The summed E-state index contributed by atoms with van der Waals surface area (Å²) < 4.78 is 4.94. The molecule has 0 bridgehead atoms. The average Bonchev–Trinajstić information content (AvgIpc) is 3.08. The van der Waals surface area contributed by atoms with Gasteiger partial charge in [-0.1, -0.05) is 6.92 Å². The maximum Gasteiger partial charge on any atom is 0.325 e. The van der Waals surface area contributed by atoms with Crippen molar-refractivity contribution < 1.29 is 14.3 Å². The van der Waals surface area contributed by atoms with E-state index in [0.29, 0.717) is 12.5 Å². The fourth-order valence-corrected chi connectivity index (χ4v) is 2.46. The maximum atomic E-state index is 12.4. The third-order valence-electron chi connectivity index (χ3n) is 3.67. The fraction of sp³-hybridized carbons (Fsp3) is 0.846. The molecule has 1 saturated heterocycles. The van der Waals surface area contributed by atoms with Gasteiger partial charge in [0.2, 0.25) is 5.91 Å². The van der Waals surface area contributed by atoms with Crippen molar-refractivity contribution in [3.8, 4) is 0 Å². The molecule has 5 nitrogen and oxygen atoms in total. The molecule has 1 heterocycles. The third kappa shape index (κ3) is 3.02. The number of rotatable bonds is 5. The van der Waals surface area contributed by atoms with Gasteiger partial charge in [-0.15, -0.1) is 0 Å². The van der Waals surface area contributed by atoms with Gasteiger partial charge in [0, 0.05) is 6.04 Å². The molecule has 1 amide bonds. The number of hydrogen-bond donors (Lipinski definition) is 1. The molecule has 2 aliphatic rings. The van der Waals surface area contributed by atoms with Gasteiger partial charge in [-0.05, 0) is 38.6 Å². The summed E-state index contributed by atoms with van der Waals surface area (Å²) in [6, 6.07) is 0.122. The zero-order valence-corrected chi connectivity index (χ0v) is 11.1. The van der Waals surface area contributed by atoms with Crippen LogP contribution in [0.2, 0.25) is 0 Å². The molecule has 0 aromatic rings. The molecule has 0 aromatic carbocycles. The number of carbonyl (C=O) groups is 2. The summed E-state index contributed by atoms with van der Waals surface area (Å²) in [7, 11) is 0. The second kappa shape index (κ2) is 5.69. The first kappa shape index (κ1) is 13.3. The van der Waals surface area contributed by atoms with Crippen molar-refractivity contribution in [3.63, 3.8) is 0 Å². The van der Waals surface area contributed by atoms with Gasteiger partial charge in [0.05, 0.1) is 12.6 Å². The molecule has 2 atom stereocenters. The highest BCUT2D eigenvalue weighted by Crippen LogP contribution is 2.29. The average molecular weight is 254 g/mol. The molecule has 2 unspecified atom stereocenters. The maximum absolute atomic E-state index is 12.4. The van der Waals surface area contributed by atoms with Crippen LogP contribution in [0.3, 0.4) is 0 Å². The van der Waals surface area contributed by atoms with Crippen molar-refractivity contribution in [1.82, 2.24) is 10.2 Å². The van der Waals surface area contributed by atoms with E-state index in [2.05, 4.69) is 12.2 Å². The van der Waals surface area contributed by atoms with Crippen molar-refractivity contribution in [2.45, 2.75) is 45.2 Å². The van der Waals surface area contributed by atoms with Crippen molar-refractivity contribution >= 4 is 11.9 Å². The third-order valence-corrected chi connectivity index (χ3v) is 3.67. The van der Waals surface area contributed by atoms with Crippen LogP contribution >= 0.6 is 0 Å². The lowest BCUT2D eigenvalue weighted by atomic mass is 10.0. The van der Waals surface area contributed by atoms with Crippen molar-refractivity contribution in [2.24, 2.45) is 5.92 Å². The summed E-state index contributed by atoms with van der Waals surface area (Å²) in [5.74, 6) is 0.111. The standard InChI is InChI=1S/C13H22N2O3/c1-3-18-11(16)8-15(10-4-5-10)13(17)12-9(2)6-7-14-12/h9-10,12,14H,3-8H2,1-2H3. The quantitative estimate of drug-likeness (QED) is 0.727. The van der Waals surface area contributed by atoms with Crippen LogP contribution in [0.4, 0.5) is 0 Å². The number of ether oxygens (including phenoxy) is 1. The summed E-state index contributed by atoms with van der Waals surface area (Å²) >= 11 is 0. The van der Waals surface area contributed by atoms with Crippen molar-refractivity contribution in [2.75, 3.05) is 19.7 Å². The zero-order valence-electron chi connectivity index (χ0n) is 11.1. The van der Waals surface area contributed by atoms with E-state index in [1.807, 2.05) is 0 Å². The Balaban J connectivity index is 1.96. The second-order valence-electron chi connectivity index (χ2n) is 5.20. The minimum Gasteiger partial charge on any atom is -0.465 e. The normalized spacial score (nSPS) is 27.0. The predicted octanol–water partition coefficient (Wildman–Crippen LogP) is 0.539. The first-order valence-corrected chi connectivity index (χ1v) is 6.83. The van der Waals surface area contributed by atoms with Gasteiger partial charge in [0.25, 0.3) is 0 Å². The molecule has 1 N–H and O–H groups in total. The molecular formula is C13H22N2O3. The van der Waals surface area contributed by atoms with Gasteiger partial charge < -0.3 is 15.0 Å². The van der Waals surface area contributed by atoms with E-state index in [1.54, 1.807) is 11.8 Å². The van der Waals surface area contributed by atoms with E-state index >= 15 is 0 Å². The topological polar surface area (TPSA) is 58.6 Å². The highest BCUT2D eigenvalue weighted by Gasteiger charge is 2.40. The lowest BCUT2D eigenvalue weighted by Crippen LogP contribution is -2.48. The van der Waals surface area contributed by atoms with Crippen molar-refractivity contribution in [3.05, 3.63) is 0 Å². The lowest BCUT2D eigenvalue weighted by molar-refractivity contribution is -0.150. The molecule has 1 aliphatic heterocycles. The zero-order chi connectivity index (χ0) is 13.1. The van der Waals surface area contributed by atoms with Gasteiger partial charge in [-0.25, -0.2) is 0 Å². The Morgan fingerprint density at radius 2 is 2.06 bits per heavy atom.